The van der Waals surface area contributed by atoms with Crippen LogP contribution in [0.3, 0.4) is 0 Å². The number of rotatable bonds is 12. The summed E-state index contributed by atoms with van der Waals surface area (Å²) in [4.78, 5) is 23.2. The molecule has 0 amide bonds. The Morgan fingerprint density at radius 2 is 1.58 bits per heavy atom. The Morgan fingerprint density at radius 3 is 1.97 bits per heavy atom. The minimum Gasteiger partial charge on any atom is -0.743 e. The van der Waals surface area contributed by atoms with Gasteiger partial charge in [-0.1, -0.05) is 6.58 Å². The van der Waals surface area contributed by atoms with Gasteiger partial charge < -0.3 is 18.8 Å². The van der Waals surface area contributed by atoms with Crippen LogP contribution in [0.15, 0.2) is 12.7 Å². The van der Waals surface area contributed by atoms with Crippen molar-refractivity contribution in [3.8, 4) is 0 Å². The third-order valence-corrected chi connectivity index (χ3v) is 4.25. The molecule has 0 radical (unpaired) electrons. The van der Waals surface area contributed by atoms with Crippen molar-refractivity contribution in [3.63, 3.8) is 0 Å². The number of ether oxygens (including phenoxy) is 3. The van der Waals surface area contributed by atoms with Crippen molar-refractivity contribution in [1.29, 1.82) is 0 Å². The number of unbranched alkanes of at least 4 members (excludes halogenated alkanes) is 1. The summed E-state index contributed by atoms with van der Waals surface area (Å²) in [6.07, 6.45) is -10.4. The summed E-state index contributed by atoms with van der Waals surface area (Å²) in [5.41, 5.74) is 0. The average molecular weight is 491 g/mol. The fourth-order valence-electron chi connectivity index (χ4n) is 1.85. The lowest BCUT2D eigenvalue weighted by atomic mass is 10.1. The first-order valence-corrected chi connectivity index (χ1v) is 9.64. The third kappa shape index (κ3) is 7.03. The average Bonchev–Trinajstić information content (AvgIpc) is 2.57. The van der Waals surface area contributed by atoms with E-state index in [2.05, 4.69) is 20.8 Å². The van der Waals surface area contributed by atoms with Crippen LogP contribution >= 0.6 is 0 Å². The molecule has 0 saturated heterocycles. The molecule has 16 heteroatoms. The predicted octanol–water partition coefficient (Wildman–Crippen LogP) is 2.89. The molecule has 0 fully saturated rings. The second-order valence-electron chi connectivity index (χ2n) is 6.17. The standard InChI is InChI=1S/C15H19F7O8S/c1-4-10(23)30-13(14(18,19)20,11(24)29-9(2)3)28-8-6-5-7-12(16,17)15(21,22)31(25,26)27/h4,9H,1,5-8H2,2-3H3,(H,25,26,27)/p-1. The highest BCUT2D eigenvalue weighted by Gasteiger charge is 2.68. The summed E-state index contributed by atoms with van der Waals surface area (Å²) in [6, 6.07) is 0. The Balaban J connectivity index is 5.44. The van der Waals surface area contributed by atoms with Crippen LogP contribution < -0.4 is 0 Å². The Bertz CT molecular complexity index is 764. The lowest BCUT2D eigenvalue weighted by molar-refractivity contribution is -0.355. The van der Waals surface area contributed by atoms with E-state index in [1.165, 1.54) is 0 Å². The van der Waals surface area contributed by atoms with Gasteiger partial charge in [0, 0.05) is 12.5 Å². The van der Waals surface area contributed by atoms with E-state index < -0.39 is 77.2 Å². The molecular formula is C15H18F7O8S-. The van der Waals surface area contributed by atoms with E-state index in [1.807, 2.05) is 0 Å². The van der Waals surface area contributed by atoms with Crippen LogP contribution in [0.1, 0.15) is 33.1 Å². The van der Waals surface area contributed by atoms with Crippen molar-refractivity contribution < 1.29 is 67.5 Å². The highest BCUT2D eigenvalue weighted by molar-refractivity contribution is 7.86. The molecule has 182 valence electrons. The zero-order valence-corrected chi connectivity index (χ0v) is 16.8. The van der Waals surface area contributed by atoms with Crippen molar-refractivity contribution in [1.82, 2.24) is 0 Å². The van der Waals surface area contributed by atoms with Gasteiger partial charge in [0.05, 0.1) is 12.7 Å². The van der Waals surface area contributed by atoms with Gasteiger partial charge >= 0.3 is 35.1 Å². The number of carbonyl (C=O) groups is 2. The second-order valence-corrected chi connectivity index (χ2v) is 7.60. The summed E-state index contributed by atoms with van der Waals surface area (Å²) in [6.45, 7) is 3.91. The molecule has 0 aromatic carbocycles. The van der Waals surface area contributed by atoms with Gasteiger partial charge in [0.15, 0.2) is 10.1 Å². The van der Waals surface area contributed by atoms with E-state index in [0.29, 0.717) is 0 Å². The number of halogens is 7. The van der Waals surface area contributed by atoms with Crippen molar-refractivity contribution in [2.24, 2.45) is 0 Å². The summed E-state index contributed by atoms with van der Waals surface area (Å²) >= 11 is 0. The highest BCUT2D eigenvalue weighted by Crippen LogP contribution is 2.42. The van der Waals surface area contributed by atoms with Crippen LogP contribution in [0.25, 0.3) is 0 Å². The topological polar surface area (TPSA) is 119 Å². The molecule has 0 saturated carbocycles. The maximum Gasteiger partial charge on any atom is 0.468 e. The van der Waals surface area contributed by atoms with Gasteiger partial charge in [0.25, 0.3) is 0 Å². The van der Waals surface area contributed by atoms with Gasteiger partial charge in [-0.3, -0.25) is 0 Å². The van der Waals surface area contributed by atoms with Gasteiger partial charge in [-0.25, -0.2) is 18.0 Å². The molecule has 0 N–H and O–H groups in total. The molecule has 0 aliphatic rings. The van der Waals surface area contributed by atoms with Crippen molar-refractivity contribution in [3.05, 3.63) is 12.7 Å². The molecule has 0 spiro atoms. The summed E-state index contributed by atoms with van der Waals surface area (Å²) in [7, 11) is -6.73. The first-order chi connectivity index (χ1) is 13.7. The minimum atomic E-state index is -6.73. The Labute approximate surface area is 172 Å². The lowest BCUT2D eigenvalue weighted by Crippen LogP contribution is -2.58. The monoisotopic (exact) mass is 491 g/mol. The molecule has 0 aliphatic heterocycles. The van der Waals surface area contributed by atoms with E-state index in [4.69, 9.17) is 0 Å². The molecular weight excluding hydrogens is 473 g/mol. The third-order valence-electron chi connectivity index (χ3n) is 3.33. The van der Waals surface area contributed by atoms with Gasteiger partial charge in [-0.2, -0.15) is 30.7 Å². The first kappa shape index (κ1) is 29.1. The fourth-order valence-corrected chi connectivity index (χ4v) is 2.32. The molecule has 0 heterocycles. The van der Waals surface area contributed by atoms with Crippen molar-refractivity contribution >= 4 is 22.1 Å². The minimum absolute atomic E-state index is 0.262. The Kier molecular flexibility index (Phi) is 9.49. The molecule has 0 rings (SSSR count). The fraction of sp³-hybridized carbons (Fsp3) is 0.733. The molecule has 8 nitrogen and oxygen atoms in total. The maximum absolute atomic E-state index is 13.5. The SMILES string of the molecule is C=CC(=O)OC(OCCCCC(F)(F)C(F)(F)S(=O)(=O)[O-])(C(=O)OC(C)C)C(F)(F)F. The lowest BCUT2D eigenvalue weighted by Gasteiger charge is -2.32. The predicted molar refractivity (Wildman–Crippen MR) is 85.7 cm³/mol. The van der Waals surface area contributed by atoms with Crippen LogP contribution in [0.2, 0.25) is 0 Å². The van der Waals surface area contributed by atoms with E-state index in [-0.39, 0.29) is 6.08 Å². The number of hydrogen-bond acceptors (Lipinski definition) is 8. The first-order valence-electron chi connectivity index (χ1n) is 8.23. The number of alkyl halides is 7. The summed E-state index contributed by atoms with van der Waals surface area (Å²) < 4.78 is 137. The Hall–Kier alpha value is -1.94. The van der Waals surface area contributed by atoms with Crippen LogP contribution in [0.4, 0.5) is 30.7 Å². The van der Waals surface area contributed by atoms with Gasteiger partial charge in [0.1, 0.15) is 0 Å². The summed E-state index contributed by atoms with van der Waals surface area (Å²) in [5, 5.41) is -5.96. The number of esters is 2. The van der Waals surface area contributed by atoms with E-state index in [1.54, 1.807) is 0 Å². The number of hydrogen-bond donors (Lipinski definition) is 0. The molecule has 0 aromatic heterocycles. The molecule has 0 aliphatic carbocycles. The zero-order chi connectivity index (χ0) is 24.9. The van der Waals surface area contributed by atoms with Gasteiger partial charge in [-0.05, 0) is 26.7 Å². The van der Waals surface area contributed by atoms with E-state index in [0.717, 1.165) is 13.8 Å². The van der Waals surface area contributed by atoms with E-state index in [9.17, 15) is 53.3 Å². The molecule has 0 aromatic rings. The molecule has 1 atom stereocenters. The van der Waals surface area contributed by atoms with Crippen LogP contribution in [-0.2, 0) is 33.9 Å². The Morgan fingerprint density at radius 1 is 1.06 bits per heavy atom. The molecule has 31 heavy (non-hydrogen) atoms. The largest absolute Gasteiger partial charge is 0.743 e. The van der Waals surface area contributed by atoms with Crippen LogP contribution in [0.5, 0.6) is 0 Å². The van der Waals surface area contributed by atoms with Crippen LogP contribution in [-0.4, -0.2) is 60.8 Å². The van der Waals surface area contributed by atoms with Crippen molar-refractivity contribution in [2.45, 2.75) is 62.4 Å². The highest BCUT2D eigenvalue weighted by atomic mass is 32.2. The number of carbonyl (C=O) groups excluding carboxylic acids is 2. The molecule has 1 unspecified atom stereocenters. The normalized spacial score (nSPS) is 15.3. The van der Waals surface area contributed by atoms with Gasteiger partial charge in [0.2, 0.25) is 0 Å². The van der Waals surface area contributed by atoms with Gasteiger partial charge in [-0.15, -0.1) is 0 Å². The maximum atomic E-state index is 13.5. The summed E-state index contributed by atoms with van der Waals surface area (Å²) in [5.74, 6) is -13.6. The molecule has 0 bridgehead atoms. The quantitative estimate of drug-likeness (QED) is 0.102. The van der Waals surface area contributed by atoms with Crippen LogP contribution in [0, 0.1) is 0 Å². The second kappa shape index (κ2) is 10.1. The zero-order valence-electron chi connectivity index (χ0n) is 16.0. The van der Waals surface area contributed by atoms with E-state index >= 15 is 0 Å². The van der Waals surface area contributed by atoms with Crippen molar-refractivity contribution in [2.75, 3.05) is 6.61 Å². The smallest absolute Gasteiger partial charge is 0.468 e.